The molecule has 3 heteroatoms. The molecule has 0 spiro atoms. The van der Waals surface area contributed by atoms with Crippen molar-refractivity contribution in [1.82, 2.24) is 0 Å². The molecule has 0 aliphatic heterocycles. The molecule has 0 aromatic heterocycles. The van der Waals surface area contributed by atoms with Crippen molar-refractivity contribution in [2.45, 2.75) is 81.5 Å². The van der Waals surface area contributed by atoms with E-state index in [4.69, 9.17) is 4.74 Å². The SMILES string of the molecule is CCCCCCCCCCCOCC(O)C[Se]Cc1ccc2ccccc2c1. The van der Waals surface area contributed by atoms with Crippen LogP contribution in [0.4, 0.5) is 0 Å². The minimum absolute atomic E-state index is 0.306. The molecule has 0 bridgehead atoms. The maximum atomic E-state index is 10.1. The second-order valence-corrected chi connectivity index (χ2v) is 9.92. The van der Waals surface area contributed by atoms with E-state index in [0.29, 0.717) is 21.6 Å². The Labute approximate surface area is 178 Å². The molecule has 0 aliphatic carbocycles. The van der Waals surface area contributed by atoms with Crippen LogP contribution in [0.2, 0.25) is 5.32 Å². The standard InChI is InChI=1S/C25H38O2Se/c1-2-3-4-5-6-7-8-9-12-17-27-19-25(26)21-28-20-22-15-16-23-13-10-11-14-24(23)18-22/h10-11,13-16,18,25-26H,2-9,12,17,19-21H2,1H3. The quantitative estimate of drug-likeness (QED) is 0.238. The van der Waals surface area contributed by atoms with E-state index in [1.165, 1.54) is 67.7 Å². The van der Waals surface area contributed by atoms with Crippen molar-refractivity contribution in [2.24, 2.45) is 0 Å². The molecule has 2 nitrogen and oxygen atoms in total. The van der Waals surface area contributed by atoms with Crippen molar-refractivity contribution in [3.63, 3.8) is 0 Å². The Morgan fingerprint density at radius 1 is 0.857 bits per heavy atom. The van der Waals surface area contributed by atoms with E-state index in [2.05, 4.69) is 49.4 Å². The van der Waals surface area contributed by atoms with Crippen LogP contribution in [0.25, 0.3) is 10.8 Å². The van der Waals surface area contributed by atoms with E-state index < -0.39 is 0 Å². The molecule has 156 valence electrons. The molecule has 0 fully saturated rings. The summed E-state index contributed by atoms with van der Waals surface area (Å²) < 4.78 is 5.68. The summed E-state index contributed by atoms with van der Waals surface area (Å²) in [6, 6.07) is 15.2. The van der Waals surface area contributed by atoms with Crippen molar-refractivity contribution in [2.75, 3.05) is 13.2 Å². The van der Waals surface area contributed by atoms with Gasteiger partial charge in [-0.3, -0.25) is 0 Å². The summed E-state index contributed by atoms with van der Waals surface area (Å²) >= 11 is 0.420. The van der Waals surface area contributed by atoms with Crippen LogP contribution in [-0.4, -0.2) is 39.4 Å². The van der Waals surface area contributed by atoms with Gasteiger partial charge >= 0.3 is 159 Å². The zero-order valence-corrected chi connectivity index (χ0v) is 19.3. The van der Waals surface area contributed by atoms with Crippen molar-refractivity contribution in [1.29, 1.82) is 0 Å². The Bertz CT molecular complexity index is 643. The van der Waals surface area contributed by atoms with Gasteiger partial charge in [0.1, 0.15) is 0 Å². The van der Waals surface area contributed by atoms with Gasteiger partial charge in [-0.25, -0.2) is 0 Å². The van der Waals surface area contributed by atoms with Crippen LogP contribution in [0, 0.1) is 0 Å². The fraction of sp³-hybridized carbons (Fsp3) is 0.600. The number of hydrogen-bond acceptors (Lipinski definition) is 2. The maximum absolute atomic E-state index is 10.1. The fourth-order valence-electron chi connectivity index (χ4n) is 3.42. The second kappa shape index (κ2) is 15.0. The van der Waals surface area contributed by atoms with E-state index >= 15 is 0 Å². The van der Waals surface area contributed by atoms with E-state index in [-0.39, 0.29) is 6.10 Å². The van der Waals surface area contributed by atoms with Gasteiger partial charge < -0.3 is 0 Å². The van der Waals surface area contributed by atoms with Crippen LogP contribution in [0.3, 0.4) is 0 Å². The molecule has 2 rings (SSSR count). The molecule has 0 saturated carbocycles. The van der Waals surface area contributed by atoms with Gasteiger partial charge in [-0.05, 0) is 0 Å². The third kappa shape index (κ3) is 10.1. The molecular weight excluding hydrogens is 411 g/mol. The van der Waals surface area contributed by atoms with Gasteiger partial charge in [-0.1, -0.05) is 19.8 Å². The van der Waals surface area contributed by atoms with Crippen molar-refractivity contribution < 1.29 is 9.84 Å². The van der Waals surface area contributed by atoms with Gasteiger partial charge in [-0.15, -0.1) is 0 Å². The molecular formula is C25H38O2Se. The number of hydrogen-bond donors (Lipinski definition) is 1. The first kappa shape index (κ1) is 23.4. The van der Waals surface area contributed by atoms with Gasteiger partial charge in [0.05, 0.1) is 0 Å². The van der Waals surface area contributed by atoms with Gasteiger partial charge in [0.25, 0.3) is 0 Å². The molecule has 1 N–H and O–H groups in total. The van der Waals surface area contributed by atoms with Gasteiger partial charge in [0.15, 0.2) is 0 Å². The Hall–Kier alpha value is -0.861. The molecule has 0 amide bonds. The molecule has 1 unspecified atom stereocenters. The number of fused-ring (bicyclic) bond motifs is 1. The van der Waals surface area contributed by atoms with Crippen LogP contribution in [0.15, 0.2) is 42.5 Å². The monoisotopic (exact) mass is 450 g/mol. The van der Waals surface area contributed by atoms with Gasteiger partial charge in [-0.2, -0.15) is 0 Å². The van der Waals surface area contributed by atoms with Crippen molar-refractivity contribution >= 4 is 25.7 Å². The van der Waals surface area contributed by atoms with Gasteiger partial charge in [0, 0.05) is 0 Å². The summed E-state index contributed by atoms with van der Waals surface area (Å²) in [4.78, 5) is 0. The fourth-order valence-corrected chi connectivity index (χ4v) is 5.31. The molecule has 0 heterocycles. The molecule has 2 aromatic carbocycles. The third-order valence-electron chi connectivity index (χ3n) is 5.10. The van der Waals surface area contributed by atoms with Crippen LogP contribution < -0.4 is 0 Å². The number of rotatable bonds is 16. The Morgan fingerprint density at radius 3 is 2.29 bits per heavy atom. The zero-order chi connectivity index (χ0) is 19.9. The molecule has 1 atom stereocenters. The summed E-state index contributed by atoms with van der Waals surface area (Å²) in [5.41, 5.74) is 1.38. The van der Waals surface area contributed by atoms with E-state index in [1.54, 1.807) is 0 Å². The zero-order valence-electron chi connectivity index (χ0n) is 17.6. The molecule has 0 aliphatic rings. The summed E-state index contributed by atoms with van der Waals surface area (Å²) in [6.07, 6.45) is 11.7. The number of unbranched alkanes of at least 4 members (excludes halogenated alkanes) is 8. The first-order chi connectivity index (χ1) is 13.8. The number of aliphatic hydroxyl groups excluding tert-OH is 1. The number of benzene rings is 2. The molecule has 28 heavy (non-hydrogen) atoms. The second-order valence-electron chi connectivity index (χ2n) is 7.75. The van der Waals surface area contributed by atoms with Crippen molar-refractivity contribution in [3.8, 4) is 0 Å². The summed E-state index contributed by atoms with van der Waals surface area (Å²) in [5, 5.41) is 14.7. The number of aliphatic hydroxyl groups is 1. The van der Waals surface area contributed by atoms with Crippen LogP contribution in [0.1, 0.15) is 70.3 Å². The van der Waals surface area contributed by atoms with Crippen LogP contribution >= 0.6 is 0 Å². The van der Waals surface area contributed by atoms with Gasteiger partial charge in [0.2, 0.25) is 0 Å². The van der Waals surface area contributed by atoms with E-state index in [0.717, 1.165) is 23.7 Å². The normalized spacial score (nSPS) is 12.5. The molecule has 0 saturated heterocycles. The predicted octanol–water partition coefficient (Wildman–Crippen LogP) is 6.37. The first-order valence-electron chi connectivity index (χ1n) is 11.1. The summed E-state index contributed by atoms with van der Waals surface area (Å²) in [6.45, 7) is 3.56. The first-order valence-corrected chi connectivity index (χ1v) is 13.5. The Balaban J connectivity index is 1.44. The Kier molecular flexibility index (Phi) is 12.6. The molecule has 2 aromatic rings. The predicted molar refractivity (Wildman–Crippen MR) is 122 cm³/mol. The summed E-state index contributed by atoms with van der Waals surface area (Å²) in [7, 11) is 0. The average Bonchev–Trinajstić information content (AvgIpc) is 2.72. The summed E-state index contributed by atoms with van der Waals surface area (Å²) in [5.74, 6) is 0. The topological polar surface area (TPSA) is 29.5 Å². The molecule has 0 radical (unpaired) electrons. The van der Waals surface area contributed by atoms with Crippen LogP contribution in [-0.2, 0) is 10.1 Å². The third-order valence-corrected chi connectivity index (χ3v) is 7.52. The number of ether oxygens (including phenoxy) is 1. The van der Waals surface area contributed by atoms with Crippen molar-refractivity contribution in [3.05, 3.63) is 48.0 Å². The average molecular weight is 450 g/mol. The Morgan fingerprint density at radius 2 is 1.54 bits per heavy atom. The van der Waals surface area contributed by atoms with E-state index in [9.17, 15) is 5.11 Å². The van der Waals surface area contributed by atoms with E-state index in [1.807, 2.05) is 0 Å². The van der Waals surface area contributed by atoms with Crippen LogP contribution in [0.5, 0.6) is 0 Å². The minimum atomic E-state index is -0.306.